The van der Waals surface area contributed by atoms with Crippen LogP contribution in [0.15, 0.2) is 37.1 Å². The number of fused-ring (bicyclic) bond motifs is 1. The average molecular weight is 310 g/mol. The predicted octanol–water partition coefficient (Wildman–Crippen LogP) is 4.16. The van der Waals surface area contributed by atoms with Crippen molar-refractivity contribution in [1.82, 2.24) is 5.32 Å². The lowest BCUT2D eigenvalue weighted by Crippen LogP contribution is -2.68. The molecular weight excluding hydrogens is 282 g/mol. The normalized spacial score (nSPS) is 35.9. The number of halogens is 1. The summed E-state index contributed by atoms with van der Waals surface area (Å²) < 4.78 is 0. The molecule has 2 nitrogen and oxygen atoms in total. The van der Waals surface area contributed by atoms with Crippen LogP contribution < -0.4 is 5.32 Å². The van der Waals surface area contributed by atoms with E-state index in [4.69, 9.17) is 11.6 Å². The minimum absolute atomic E-state index is 0.00604. The first-order chi connectivity index (χ1) is 9.94. The molecule has 1 heterocycles. The summed E-state index contributed by atoms with van der Waals surface area (Å²) in [5, 5.41) is 14.4. The van der Waals surface area contributed by atoms with E-state index in [1.165, 1.54) is 0 Å². The van der Waals surface area contributed by atoms with Gasteiger partial charge in [-0.2, -0.15) is 0 Å². The van der Waals surface area contributed by atoms with E-state index in [2.05, 4.69) is 32.0 Å². The minimum Gasteiger partial charge on any atom is -0.390 e. The first-order valence-electron chi connectivity index (χ1n) is 7.94. The molecule has 1 aliphatic carbocycles. The molecule has 118 valence electrons. The largest absolute Gasteiger partial charge is 0.390 e. The third-order valence-electron chi connectivity index (χ3n) is 5.62. The predicted molar refractivity (Wildman–Crippen MR) is 90.4 cm³/mol. The van der Waals surface area contributed by atoms with E-state index in [0.717, 1.165) is 49.8 Å². The fourth-order valence-corrected chi connectivity index (χ4v) is 4.74. The third kappa shape index (κ3) is 2.37. The molecule has 21 heavy (non-hydrogen) atoms. The van der Waals surface area contributed by atoms with E-state index in [-0.39, 0.29) is 5.41 Å². The summed E-state index contributed by atoms with van der Waals surface area (Å²) in [5.74, 6) is 0.946. The SMILES string of the molecule is C=CCCCC[C@H](O)C12NC(=C)C(CCCl)[C@]1(C)CC2=C. The van der Waals surface area contributed by atoms with Crippen LogP contribution in [0.1, 0.15) is 45.4 Å². The van der Waals surface area contributed by atoms with Crippen molar-refractivity contribution in [1.29, 1.82) is 0 Å². The summed E-state index contributed by atoms with van der Waals surface area (Å²) in [5.41, 5.74) is 1.73. The highest BCUT2D eigenvalue weighted by molar-refractivity contribution is 6.17. The second-order valence-electron chi connectivity index (χ2n) is 6.78. The van der Waals surface area contributed by atoms with Crippen molar-refractivity contribution >= 4 is 11.6 Å². The van der Waals surface area contributed by atoms with Crippen molar-refractivity contribution in [2.24, 2.45) is 11.3 Å². The van der Waals surface area contributed by atoms with Gasteiger partial charge in [0.05, 0.1) is 11.6 Å². The van der Waals surface area contributed by atoms with Crippen LogP contribution in [0.5, 0.6) is 0 Å². The lowest BCUT2D eigenvalue weighted by molar-refractivity contribution is -0.0428. The van der Waals surface area contributed by atoms with Crippen molar-refractivity contribution in [3.8, 4) is 0 Å². The number of aliphatic hydroxyl groups excluding tert-OH is 1. The van der Waals surface area contributed by atoms with Gasteiger partial charge in [-0.1, -0.05) is 32.6 Å². The number of allylic oxidation sites excluding steroid dienone is 2. The van der Waals surface area contributed by atoms with Gasteiger partial charge in [-0.25, -0.2) is 0 Å². The highest BCUT2D eigenvalue weighted by atomic mass is 35.5. The summed E-state index contributed by atoms with van der Waals surface area (Å²) in [7, 11) is 0. The average Bonchev–Trinajstić information content (AvgIpc) is 2.61. The van der Waals surface area contributed by atoms with Gasteiger partial charge in [0.1, 0.15) is 0 Å². The fraction of sp³-hybridized carbons (Fsp3) is 0.667. The van der Waals surface area contributed by atoms with E-state index in [1.807, 2.05) is 6.08 Å². The summed E-state index contributed by atoms with van der Waals surface area (Å²) >= 11 is 5.96. The minimum atomic E-state index is -0.411. The smallest absolute Gasteiger partial charge is 0.0903 e. The zero-order chi connectivity index (χ0) is 15.7. The van der Waals surface area contributed by atoms with Crippen LogP contribution in [-0.4, -0.2) is 22.6 Å². The molecule has 2 aliphatic rings. The van der Waals surface area contributed by atoms with Gasteiger partial charge in [0.25, 0.3) is 0 Å². The molecule has 0 aromatic carbocycles. The van der Waals surface area contributed by atoms with Crippen molar-refractivity contribution in [3.05, 3.63) is 37.1 Å². The van der Waals surface area contributed by atoms with Gasteiger partial charge in [0.15, 0.2) is 0 Å². The highest BCUT2D eigenvalue weighted by Gasteiger charge is 2.69. The number of unbranched alkanes of at least 4 members (excludes halogenated alkanes) is 2. The van der Waals surface area contributed by atoms with Crippen molar-refractivity contribution in [3.63, 3.8) is 0 Å². The van der Waals surface area contributed by atoms with Crippen LogP contribution in [0, 0.1) is 11.3 Å². The zero-order valence-electron chi connectivity index (χ0n) is 13.1. The Morgan fingerprint density at radius 1 is 1.48 bits per heavy atom. The first-order valence-corrected chi connectivity index (χ1v) is 8.47. The van der Waals surface area contributed by atoms with E-state index in [1.54, 1.807) is 0 Å². The Bertz CT molecular complexity index is 446. The number of hydrogen-bond acceptors (Lipinski definition) is 2. The maximum absolute atomic E-state index is 10.8. The summed E-state index contributed by atoms with van der Waals surface area (Å²) in [6.07, 6.45) is 7.25. The molecular formula is C18H28ClNO. The van der Waals surface area contributed by atoms with E-state index < -0.39 is 11.6 Å². The number of aliphatic hydroxyl groups is 1. The van der Waals surface area contributed by atoms with Gasteiger partial charge >= 0.3 is 0 Å². The molecule has 1 aliphatic heterocycles. The number of alkyl halides is 1. The second-order valence-corrected chi connectivity index (χ2v) is 7.15. The molecule has 2 fully saturated rings. The Morgan fingerprint density at radius 3 is 2.76 bits per heavy atom. The quantitative estimate of drug-likeness (QED) is 0.401. The Morgan fingerprint density at radius 2 is 2.19 bits per heavy atom. The van der Waals surface area contributed by atoms with Crippen LogP contribution in [0.3, 0.4) is 0 Å². The van der Waals surface area contributed by atoms with Crippen molar-refractivity contribution in [2.75, 3.05) is 5.88 Å². The van der Waals surface area contributed by atoms with Gasteiger partial charge < -0.3 is 10.4 Å². The molecule has 2 rings (SSSR count). The molecule has 2 unspecified atom stereocenters. The molecule has 3 heteroatoms. The Hall–Kier alpha value is -0.730. The summed E-state index contributed by atoms with van der Waals surface area (Å²) in [6, 6.07) is 0. The second kappa shape index (κ2) is 6.18. The molecule has 0 aromatic rings. The standard InChI is InChI=1S/C18H28ClNO/c1-5-6-7-8-9-16(21)18-13(2)12-17(18,4)15(10-11-19)14(3)20-18/h5,15-16,20-21H,1-3,6-12H2,4H3/t15?,16-,17-,18?/m0/s1. The van der Waals surface area contributed by atoms with Gasteiger partial charge in [-0.15, -0.1) is 18.2 Å². The molecule has 0 amide bonds. The highest BCUT2D eigenvalue weighted by Crippen LogP contribution is 2.65. The van der Waals surface area contributed by atoms with E-state index in [9.17, 15) is 5.11 Å². The van der Waals surface area contributed by atoms with E-state index in [0.29, 0.717) is 11.8 Å². The fourth-order valence-electron chi connectivity index (χ4n) is 4.52. The molecule has 0 radical (unpaired) electrons. The van der Waals surface area contributed by atoms with Crippen LogP contribution in [0.2, 0.25) is 0 Å². The van der Waals surface area contributed by atoms with E-state index >= 15 is 0 Å². The lowest BCUT2D eigenvalue weighted by atomic mass is 9.48. The molecule has 4 atom stereocenters. The zero-order valence-corrected chi connectivity index (χ0v) is 13.9. The number of hydrogen-bond donors (Lipinski definition) is 2. The maximum atomic E-state index is 10.8. The van der Waals surface area contributed by atoms with Crippen LogP contribution in [0.25, 0.3) is 0 Å². The molecule has 1 saturated carbocycles. The van der Waals surface area contributed by atoms with Gasteiger partial charge in [-0.3, -0.25) is 0 Å². The molecule has 0 aromatic heterocycles. The van der Waals surface area contributed by atoms with Crippen molar-refractivity contribution < 1.29 is 5.11 Å². The van der Waals surface area contributed by atoms with Crippen LogP contribution in [-0.2, 0) is 0 Å². The molecule has 0 spiro atoms. The molecule has 2 N–H and O–H groups in total. The monoisotopic (exact) mass is 309 g/mol. The Balaban J connectivity index is 2.13. The summed E-state index contributed by atoms with van der Waals surface area (Å²) in [6.45, 7) is 14.4. The maximum Gasteiger partial charge on any atom is 0.0903 e. The van der Waals surface area contributed by atoms with Gasteiger partial charge in [-0.05, 0) is 37.7 Å². The Kier molecular flexibility index (Phi) is 4.89. The van der Waals surface area contributed by atoms with Crippen molar-refractivity contribution in [2.45, 2.75) is 57.1 Å². The topological polar surface area (TPSA) is 32.3 Å². The first kappa shape index (κ1) is 16.6. The number of nitrogens with one attached hydrogen (secondary N) is 1. The number of rotatable bonds is 8. The van der Waals surface area contributed by atoms with Crippen LogP contribution in [0.4, 0.5) is 0 Å². The van der Waals surface area contributed by atoms with Gasteiger partial charge in [0.2, 0.25) is 0 Å². The van der Waals surface area contributed by atoms with Crippen LogP contribution >= 0.6 is 11.6 Å². The third-order valence-corrected chi connectivity index (χ3v) is 5.84. The molecule has 1 saturated heterocycles. The molecule has 0 bridgehead atoms. The van der Waals surface area contributed by atoms with Gasteiger partial charge in [0, 0.05) is 22.9 Å². The lowest BCUT2D eigenvalue weighted by Gasteiger charge is -2.59. The Labute approximate surface area is 134 Å². The summed E-state index contributed by atoms with van der Waals surface area (Å²) in [4.78, 5) is 0.